The zero-order valence-corrected chi connectivity index (χ0v) is 15.4. The predicted octanol–water partition coefficient (Wildman–Crippen LogP) is 2.68. The zero-order chi connectivity index (χ0) is 17.1. The standard InChI is InChI=1S/C20H31N3O/c1-4-21-12-14-23(15-13-21)20(24)18-8-10-22(11-9-18)19-7-5-6-16(2)17(19)3/h5-7,18H,4,8-15H2,1-3H3. The first-order valence-corrected chi connectivity index (χ1v) is 9.42. The molecule has 0 N–H and O–H groups in total. The van der Waals surface area contributed by atoms with E-state index >= 15 is 0 Å². The van der Waals surface area contributed by atoms with Gasteiger partial charge in [0.15, 0.2) is 0 Å². The Kier molecular flexibility index (Phi) is 5.44. The molecule has 0 unspecified atom stereocenters. The number of nitrogens with zero attached hydrogens (tertiary/aromatic N) is 3. The number of carbonyl (C=O) groups excluding carboxylic acids is 1. The summed E-state index contributed by atoms with van der Waals surface area (Å²) in [5, 5.41) is 0. The molecule has 1 amide bonds. The number of likely N-dealkylation sites (N-methyl/N-ethyl adjacent to an activating group) is 1. The largest absolute Gasteiger partial charge is 0.371 e. The molecule has 0 bridgehead atoms. The minimum Gasteiger partial charge on any atom is -0.371 e. The highest BCUT2D eigenvalue weighted by molar-refractivity contribution is 5.79. The van der Waals surface area contributed by atoms with Crippen LogP contribution in [-0.2, 0) is 4.79 Å². The molecule has 0 aliphatic carbocycles. The summed E-state index contributed by atoms with van der Waals surface area (Å²) in [6.07, 6.45) is 1.97. The van der Waals surface area contributed by atoms with Crippen molar-refractivity contribution in [3.05, 3.63) is 29.3 Å². The Balaban J connectivity index is 1.55. The van der Waals surface area contributed by atoms with Gasteiger partial charge in [0.25, 0.3) is 0 Å². The van der Waals surface area contributed by atoms with E-state index < -0.39 is 0 Å². The molecular weight excluding hydrogens is 298 g/mol. The summed E-state index contributed by atoms with van der Waals surface area (Å²) >= 11 is 0. The van der Waals surface area contributed by atoms with Gasteiger partial charge in [0.2, 0.25) is 5.91 Å². The molecule has 24 heavy (non-hydrogen) atoms. The van der Waals surface area contributed by atoms with Gasteiger partial charge in [-0.05, 0) is 50.4 Å². The second-order valence-corrected chi connectivity index (χ2v) is 7.24. The molecule has 1 aromatic carbocycles. The summed E-state index contributed by atoms with van der Waals surface area (Å²) in [5.74, 6) is 0.617. The van der Waals surface area contributed by atoms with Gasteiger partial charge < -0.3 is 14.7 Å². The van der Waals surface area contributed by atoms with E-state index in [0.717, 1.165) is 58.7 Å². The quantitative estimate of drug-likeness (QED) is 0.853. The first-order valence-electron chi connectivity index (χ1n) is 9.42. The van der Waals surface area contributed by atoms with Crippen molar-refractivity contribution in [2.24, 2.45) is 5.92 Å². The number of rotatable bonds is 3. The number of carbonyl (C=O) groups is 1. The molecule has 3 rings (SSSR count). The maximum Gasteiger partial charge on any atom is 0.225 e. The Morgan fingerprint density at radius 3 is 2.33 bits per heavy atom. The van der Waals surface area contributed by atoms with Gasteiger partial charge in [0.05, 0.1) is 0 Å². The van der Waals surface area contributed by atoms with Crippen LogP contribution < -0.4 is 4.90 Å². The van der Waals surface area contributed by atoms with Gasteiger partial charge in [-0.1, -0.05) is 19.1 Å². The molecule has 2 aliphatic rings. The normalized spacial score (nSPS) is 20.5. The van der Waals surface area contributed by atoms with Crippen molar-refractivity contribution < 1.29 is 4.79 Å². The fraction of sp³-hybridized carbons (Fsp3) is 0.650. The van der Waals surface area contributed by atoms with E-state index in [1.165, 1.54) is 16.8 Å². The van der Waals surface area contributed by atoms with Gasteiger partial charge in [-0.15, -0.1) is 0 Å². The van der Waals surface area contributed by atoms with Crippen LogP contribution in [0.4, 0.5) is 5.69 Å². The SMILES string of the molecule is CCN1CCN(C(=O)C2CCN(c3cccc(C)c3C)CC2)CC1. The summed E-state index contributed by atoms with van der Waals surface area (Å²) in [5.41, 5.74) is 4.06. The summed E-state index contributed by atoms with van der Waals surface area (Å²) in [6, 6.07) is 6.53. The maximum absolute atomic E-state index is 12.8. The van der Waals surface area contributed by atoms with Crippen LogP contribution in [0, 0.1) is 19.8 Å². The molecular formula is C20H31N3O. The lowest BCUT2D eigenvalue weighted by Crippen LogP contribution is -2.51. The topological polar surface area (TPSA) is 26.8 Å². The van der Waals surface area contributed by atoms with E-state index in [0.29, 0.717) is 5.91 Å². The van der Waals surface area contributed by atoms with Gasteiger partial charge in [0, 0.05) is 50.9 Å². The van der Waals surface area contributed by atoms with Crippen LogP contribution in [-0.4, -0.2) is 61.5 Å². The number of piperidine rings is 1. The molecule has 2 fully saturated rings. The molecule has 0 radical (unpaired) electrons. The molecule has 4 heteroatoms. The Morgan fingerprint density at radius 2 is 1.71 bits per heavy atom. The average Bonchev–Trinajstić information content (AvgIpc) is 2.64. The van der Waals surface area contributed by atoms with E-state index in [2.05, 4.69) is 53.7 Å². The number of hydrogen-bond donors (Lipinski definition) is 0. The summed E-state index contributed by atoms with van der Waals surface area (Å²) < 4.78 is 0. The lowest BCUT2D eigenvalue weighted by atomic mass is 9.94. The Hall–Kier alpha value is -1.55. The number of benzene rings is 1. The Bertz CT molecular complexity index is 570. The molecule has 4 nitrogen and oxygen atoms in total. The number of piperazine rings is 1. The molecule has 2 aliphatic heterocycles. The van der Waals surface area contributed by atoms with Gasteiger partial charge in [-0.2, -0.15) is 0 Å². The minimum atomic E-state index is 0.222. The number of aryl methyl sites for hydroxylation is 1. The van der Waals surface area contributed by atoms with Gasteiger partial charge in [0.1, 0.15) is 0 Å². The molecule has 2 saturated heterocycles. The zero-order valence-electron chi connectivity index (χ0n) is 15.4. The van der Waals surface area contributed by atoms with E-state index in [1.54, 1.807) is 0 Å². The van der Waals surface area contributed by atoms with Gasteiger partial charge in [-0.3, -0.25) is 4.79 Å². The second-order valence-electron chi connectivity index (χ2n) is 7.24. The number of hydrogen-bond acceptors (Lipinski definition) is 3. The smallest absolute Gasteiger partial charge is 0.225 e. The second kappa shape index (κ2) is 7.56. The molecule has 0 spiro atoms. The maximum atomic E-state index is 12.8. The Morgan fingerprint density at radius 1 is 1.04 bits per heavy atom. The summed E-state index contributed by atoms with van der Waals surface area (Å²) in [7, 11) is 0. The van der Waals surface area contributed by atoms with Crippen molar-refractivity contribution in [2.45, 2.75) is 33.6 Å². The van der Waals surface area contributed by atoms with Crippen molar-refractivity contribution in [3.63, 3.8) is 0 Å². The number of amides is 1. The highest BCUT2D eigenvalue weighted by Crippen LogP contribution is 2.28. The molecule has 0 atom stereocenters. The van der Waals surface area contributed by atoms with Crippen molar-refractivity contribution in [2.75, 3.05) is 50.7 Å². The monoisotopic (exact) mass is 329 g/mol. The van der Waals surface area contributed by atoms with Crippen LogP contribution >= 0.6 is 0 Å². The molecule has 2 heterocycles. The van der Waals surface area contributed by atoms with Crippen molar-refractivity contribution >= 4 is 11.6 Å². The fourth-order valence-corrected chi connectivity index (χ4v) is 3.99. The highest BCUT2D eigenvalue weighted by Gasteiger charge is 2.30. The van der Waals surface area contributed by atoms with Gasteiger partial charge >= 0.3 is 0 Å². The predicted molar refractivity (Wildman–Crippen MR) is 99.5 cm³/mol. The lowest BCUT2D eigenvalue weighted by molar-refractivity contribution is -0.137. The van der Waals surface area contributed by atoms with Crippen LogP contribution in [0.3, 0.4) is 0 Å². The molecule has 132 valence electrons. The highest BCUT2D eigenvalue weighted by atomic mass is 16.2. The van der Waals surface area contributed by atoms with E-state index in [-0.39, 0.29) is 5.92 Å². The van der Waals surface area contributed by atoms with E-state index in [4.69, 9.17) is 0 Å². The Labute approximate surface area is 146 Å². The third-order valence-electron chi connectivity index (χ3n) is 5.89. The molecule has 1 aromatic rings. The van der Waals surface area contributed by atoms with Crippen molar-refractivity contribution in [1.29, 1.82) is 0 Å². The first kappa shape index (κ1) is 17.3. The van der Waals surface area contributed by atoms with Crippen LogP contribution in [0.1, 0.15) is 30.9 Å². The summed E-state index contributed by atoms with van der Waals surface area (Å²) in [4.78, 5) is 19.8. The van der Waals surface area contributed by atoms with Crippen molar-refractivity contribution in [1.82, 2.24) is 9.80 Å². The first-order chi connectivity index (χ1) is 11.6. The third-order valence-corrected chi connectivity index (χ3v) is 5.89. The fourth-order valence-electron chi connectivity index (χ4n) is 3.99. The van der Waals surface area contributed by atoms with Crippen LogP contribution in [0.2, 0.25) is 0 Å². The average molecular weight is 329 g/mol. The van der Waals surface area contributed by atoms with Crippen molar-refractivity contribution in [3.8, 4) is 0 Å². The third kappa shape index (κ3) is 3.59. The number of anilines is 1. The van der Waals surface area contributed by atoms with Crippen LogP contribution in [0.15, 0.2) is 18.2 Å². The van der Waals surface area contributed by atoms with Crippen LogP contribution in [0.5, 0.6) is 0 Å². The molecule has 0 aromatic heterocycles. The van der Waals surface area contributed by atoms with E-state index in [1.807, 2.05) is 0 Å². The van der Waals surface area contributed by atoms with Crippen LogP contribution in [0.25, 0.3) is 0 Å². The molecule has 0 saturated carbocycles. The van der Waals surface area contributed by atoms with Gasteiger partial charge in [-0.25, -0.2) is 0 Å². The van der Waals surface area contributed by atoms with E-state index in [9.17, 15) is 4.79 Å². The summed E-state index contributed by atoms with van der Waals surface area (Å²) in [6.45, 7) is 13.5. The minimum absolute atomic E-state index is 0.222. The lowest BCUT2D eigenvalue weighted by Gasteiger charge is -2.39.